The normalized spacial score (nSPS) is 16.7. The molecule has 1 amide bonds. The Morgan fingerprint density at radius 2 is 1.47 bits per heavy atom. The zero-order valence-corrected chi connectivity index (χ0v) is 19.7. The van der Waals surface area contributed by atoms with Gasteiger partial charge in [-0.15, -0.1) is 0 Å². The average Bonchev–Trinajstić information content (AvgIpc) is 3.25. The van der Waals surface area contributed by atoms with E-state index in [2.05, 4.69) is 30.9 Å². The van der Waals surface area contributed by atoms with Gasteiger partial charge in [0, 0.05) is 57.9 Å². The van der Waals surface area contributed by atoms with Crippen molar-refractivity contribution in [3.05, 3.63) is 53.7 Å². The Bertz CT molecular complexity index is 1160. The Morgan fingerprint density at radius 3 is 2.12 bits per heavy atom. The molecule has 34 heavy (non-hydrogen) atoms. The van der Waals surface area contributed by atoms with Gasteiger partial charge < -0.3 is 14.7 Å². The van der Waals surface area contributed by atoms with Crippen molar-refractivity contribution in [3.8, 4) is 11.3 Å². The molecule has 2 aliphatic heterocycles. The maximum atomic E-state index is 13.3. The number of hydrogen-bond acceptors (Lipinski definition) is 6. The zero-order chi connectivity index (χ0) is 23.7. The first-order valence-corrected chi connectivity index (χ1v) is 11.9. The average molecular weight is 464 g/mol. The number of piperidine rings is 1. The molecule has 2 saturated heterocycles. The van der Waals surface area contributed by atoms with Crippen molar-refractivity contribution in [1.82, 2.24) is 24.6 Å². The third kappa shape index (κ3) is 4.60. The van der Waals surface area contributed by atoms with E-state index in [4.69, 9.17) is 0 Å². The monoisotopic (exact) mass is 463 g/mol. The van der Waals surface area contributed by atoms with E-state index in [1.807, 2.05) is 11.8 Å². The highest BCUT2D eigenvalue weighted by atomic mass is 19.1. The first kappa shape index (κ1) is 22.3. The fourth-order valence-electron chi connectivity index (χ4n) is 4.71. The summed E-state index contributed by atoms with van der Waals surface area (Å²) in [4.78, 5) is 29.0. The van der Waals surface area contributed by atoms with Crippen LogP contribution in [-0.4, -0.2) is 69.8 Å². The van der Waals surface area contributed by atoms with Crippen molar-refractivity contribution < 1.29 is 9.18 Å². The lowest BCUT2D eigenvalue weighted by Gasteiger charge is -2.36. The molecule has 2 aliphatic rings. The quantitative estimate of drug-likeness (QED) is 0.592. The van der Waals surface area contributed by atoms with Crippen LogP contribution in [0.3, 0.4) is 0 Å². The molecular weight excluding hydrogens is 433 g/mol. The summed E-state index contributed by atoms with van der Waals surface area (Å²) in [5.41, 5.74) is 1.97. The van der Waals surface area contributed by atoms with Gasteiger partial charge in [-0.3, -0.25) is 9.48 Å². The molecule has 1 aromatic carbocycles. The number of aromatic nitrogens is 4. The molecule has 8 nitrogen and oxygen atoms in total. The Balaban J connectivity index is 1.26. The van der Waals surface area contributed by atoms with E-state index in [-0.39, 0.29) is 11.7 Å². The summed E-state index contributed by atoms with van der Waals surface area (Å²) in [7, 11) is 1.77. The van der Waals surface area contributed by atoms with Gasteiger partial charge in [-0.05, 0) is 56.5 Å². The molecule has 0 atom stereocenters. The van der Waals surface area contributed by atoms with Crippen molar-refractivity contribution in [2.75, 3.05) is 49.1 Å². The zero-order valence-electron chi connectivity index (χ0n) is 19.7. The smallest absolute Gasteiger partial charge is 0.272 e. The minimum absolute atomic E-state index is 0.0455. The van der Waals surface area contributed by atoms with Crippen molar-refractivity contribution in [3.63, 3.8) is 0 Å². The van der Waals surface area contributed by atoms with Gasteiger partial charge in [-0.1, -0.05) is 0 Å². The van der Waals surface area contributed by atoms with E-state index >= 15 is 0 Å². The predicted molar refractivity (Wildman–Crippen MR) is 130 cm³/mol. The molecular formula is C25H30FN7O. The number of amides is 1. The van der Waals surface area contributed by atoms with Gasteiger partial charge in [0.05, 0.1) is 5.69 Å². The topological polar surface area (TPSA) is 70.4 Å². The molecule has 0 unspecified atom stereocenters. The summed E-state index contributed by atoms with van der Waals surface area (Å²) in [5, 5.41) is 4.47. The SMILES string of the molecule is Cc1nc(N2CCCCC2)cc(N2CCN(C(=O)c3cc(-c4ccc(F)cc4)nn3C)CC2)n1. The van der Waals surface area contributed by atoms with Crippen LogP contribution in [0.15, 0.2) is 36.4 Å². The predicted octanol–water partition coefficient (Wildman–Crippen LogP) is 3.28. The number of carbonyl (C=O) groups excluding carboxylic acids is 1. The van der Waals surface area contributed by atoms with Gasteiger partial charge in [-0.2, -0.15) is 5.10 Å². The number of hydrogen-bond donors (Lipinski definition) is 0. The molecule has 3 aromatic rings. The molecule has 2 fully saturated rings. The second-order valence-corrected chi connectivity index (χ2v) is 9.00. The molecule has 0 saturated carbocycles. The van der Waals surface area contributed by atoms with Crippen molar-refractivity contribution in [2.24, 2.45) is 7.05 Å². The van der Waals surface area contributed by atoms with Gasteiger partial charge in [0.1, 0.15) is 29.0 Å². The minimum atomic E-state index is -0.296. The van der Waals surface area contributed by atoms with Crippen LogP contribution in [0.25, 0.3) is 11.3 Å². The maximum Gasteiger partial charge on any atom is 0.272 e. The molecule has 0 aliphatic carbocycles. The number of rotatable bonds is 4. The van der Waals surface area contributed by atoms with Crippen LogP contribution in [0.2, 0.25) is 0 Å². The summed E-state index contributed by atoms with van der Waals surface area (Å²) < 4.78 is 14.9. The summed E-state index contributed by atoms with van der Waals surface area (Å²) in [5.74, 6) is 2.37. The van der Waals surface area contributed by atoms with E-state index in [1.54, 1.807) is 29.9 Å². The highest BCUT2D eigenvalue weighted by molar-refractivity contribution is 5.94. The number of piperazine rings is 1. The largest absolute Gasteiger partial charge is 0.356 e. The number of aryl methyl sites for hydroxylation is 2. The highest BCUT2D eigenvalue weighted by Gasteiger charge is 2.26. The molecule has 0 spiro atoms. The molecule has 178 valence electrons. The van der Waals surface area contributed by atoms with Gasteiger partial charge in [0.15, 0.2) is 0 Å². The van der Waals surface area contributed by atoms with Gasteiger partial charge >= 0.3 is 0 Å². The summed E-state index contributed by atoms with van der Waals surface area (Å²) >= 11 is 0. The summed E-state index contributed by atoms with van der Waals surface area (Å²) in [6, 6.07) is 10.0. The van der Waals surface area contributed by atoms with E-state index in [1.165, 1.54) is 31.4 Å². The highest BCUT2D eigenvalue weighted by Crippen LogP contribution is 2.24. The summed E-state index contributed by atoms with van der Waals surface area (Å²) in [6.07, 6.45) is 3.69. The van der Waals surface area contributed by atoms with Crippen LogP contribution in [0.4, 0.5) is 16.0 Å². The second kappa shape index (κ2) is 9.40. The Kier molecular flexibility index (Phi) is 6.17. The fraction of sp³-hybridized carbons (Fsp3) is 0.440. The number of benzene rings is 1. The van der Waals surface area contributed by atoms with Crippen LogP contribution in [0, 0.1) is 12.7 Å². The van der Waals surface area contributed by atoms with Crippen molar-refractivity contribution >= 4 is 17.5 Å². The first-order chi connectivity index (χ1) is 16.5. The molecule has 0 N–H and O–H groups in total. The van der Waals surface area contributed by atoms with Crippen LogP contribution in [-0.2, 0) is 7.05 Å². The van der Waals surface area contributed by atoms with Gasteiger partial charge in [0.25, 0.3) is 5.91 Å². The molecule has 9 heteroatoms. The Hall–Kier alpha value is -3.49. The van der Waals surface area contributed by atoms with Gasteiger partial charge in [0.2, 0.25) is 0 Å². The third-order valence-corrected chi connectivity index (χ3v) is 6.62. The number of nitrogens with zero attached hydrogens (tertiary/aromatic N) is 7. The van der Waals surface area contributed by atoms with E-state index in [0.717, 1.165) is 36.1 Å². The second-order valence-electron chi connectivity index (χ2n) is 9.00. The lowest BCUT2D eigenvalue weighted by atomic mass is 10.1. The van der Waals surface area contributed by atoms with E-state index in [9.17, 15) is 9.18 Å². The molecule has 0 bridgehead atoms. The first-order valence-electron chi connectivity index (χ1n) is 11.9. The Labute approximate surface area is 199 Å². The van der Waals surface area contributed by atoms with Crippen LogP contribution < -0.4 is 9.80 Å². The molecule has 4 heterocycles. The molecule has 2 aromatic heterocycles. The summed E-state index contributed by atoms with van der Waals surface area (Å²) in [6.45, 7) is 6.67. The lowest BCUT2D eigenvalue weighted by Crippen LogP contribution is -2.49. The molecule has 5 rings (SSSR count). The Morgan fingerprint density at radius 1 is 0.853 bits per heavy atom. The van der Waals surface area contributed by atoms with Crippen molar-refractivity contribution in [2.45, 2.75) is 26.2 Å². The number of carbonyl (C=O) groups is 1. The third-order valence-electron chi connectivity index (χ3n) is 6.62. The fourth-order valence-corrected chi connectivity index (χ4v) is 4.71. The van der Waals surface area contributed by atoms with E-state index < -0.39 is 0 Å². The van der Waals surface area contributed by atoms with Gasteiger partial charge in [-0.25, -0.2) is 14.4 Å². The van der Waals surface area contributed by atoms with E-state index in [0.29, 0.717) is 37.6 Å². The van der Waals surface area contributed by atoms with Crippen LogP contribution >= 0.6 is 0 Å². The standard InChI is InChI=1S/C25H30FN7O/c1-18-27-23(31-10-4-3-5-11-31)17-24(28-18)32-12-14-33(15-13-32)25(34)22-16-21(29-30(22)2)19-6-8-20(26)9-7-19/h6-9,16-17H,3-5,10-15H2,1-2H3. The maximum absolute atomic E-state index is 13.3. The number of anilines is 2. The van der Waals surface area contributed by atoms with Crippen LogP contribution in [0.1, 0.15) is 35.6 Å². The number of halogens is 1. The lowest BCUT2D eigenvalue weighted by molar-refractivity contribution is 0.0735. The molecule has 0 radical (unpaired) electrons. The van der Waals surface area contributed by atoms with Crippen molar-refractivity contribution in [1.29, 1.82) is 0 Å². The minimum Gasteiger partial charge on any atom is -0.356 e. The van der Waals surface area contributed by atoms with Crippen LogP contribution in [0.5, 0.6) is 0 Å².